The van der Waals surface area contributed by atoms with Gasteiger partial charge >= 0.3 is 0 Å². The minimum atomic E-state index is 0.782. The maximum Gasteiger partial charge on any atom is 0.206 e. The number of anilines is 1. The van der Waals surface area contributed by atoms with Crippen LogP contribution in [0.25, 0.3) is 0 Å². The first-order valence-electron chi connectivity index (χ1n) is 7.10. The Balaban J connectivity index is 1.54. The van der Waals surface area contributed by atoms with Gasteiger partial charge in [0.15, 0.2) is 4.34 Å². The number of hydrogen-bond acceptors (Lipinski definition) is 5. The standard InChI is InChI=1S/C17H17N3S2/c1-13-7-5-6-10-15(13)11-18-16-19-20-17(22-16)21-12-14-8-3-2-4-9-14/h2-10H,11-12H2,1H3,(H,18,19). The number of aryl methyl sites for hydroxylation is 1. The molecule has 1 N–H and O–H groups in total. The highest BCUT2D eigenvalue weighted by Crippen LogP contribution is 2.28. The van der Waals surface area contributed by atoms with Crippen molar-refractivity contribution < 1.29 is 0 Å². The van der Waals surface area contributed by atoms with Gasteiger partial charge in [-0.3, -0.25) is 0 Å². The van der Waals surface area contributed by atoms with Crippen molar-refractivity contribution >= 4 is 28.2 Å². The lowest BCUT2D eigenvalue weighted by Gasteiger charge is -2.05. The van der Waals surface area contributed by atoms with Crippen molar-refractivity contribution in [3.63, 3.8) is 0 Å². The zero-order valence-corrected chi connectivity index (χ0v) is 14.0. The molecule has 0 atom stereocenters. The molecule has 3 rings (SSSR count). The summed E-state index contributed by atoms with van der Waals surface area (Å²) in [5.41, 5.74) is 3.88. The second kappa shape index (κ2) is 7.42. The van der Waals surface area contributed by atoms with E-state index in [1.165, 1.54) is 16.7 Å². The molecule has 22 heavy (non-hydrogen) atoms. The molecular weight excluding hydrogens is 310 g/mol. The molecular formula is C17H17N3S2. The summed E-state index contributed by atoms with van der Waals surface area (Å²) in [5.74, 6) is 0.924. The Hall–Kier alpha value is -1.85. The van der Waals surface area contributed by atoms with Crippen molar-refractivity contribution in [2.45, 2.75) is 23.6 Å². The summed E-state index contributed by atoms with van der Waals surface area (Å²) in [6, 6.07) is 18.8. The Morgan fingerprint density at radius 1 is 1.00 bits per heavy atom. The van der Waals surface area contributed by atoms with Crippen LogP contribution in [0.15, 0.2) is 58.9 Å². The topological polar surface area (TPSA) is 37.8 Å². The number of benzene rings is 2. The van der Waals surface area contributed by atoms with Gasteiger partial charge in [-0.1, -0.05) is 77.7 Å². The molecule has 0 radical (unpaired) electrons. The molecule has 1 aromatic heterocycles. The number of rotatable bonds is 6. The number of aromatic nitrogens is 2. The summed E-state index contributed by atoms with van der Waals surface area (Å²) < 4.78 is 0.996. The SMILES string of the molecule is Cc1ccccc1CNc1nnc(SCc2ccccc2)s1. The summed E-state index contributed by atoms with van der Waals surface area (Å²) in [5, 5.41) is 12.7. The minimum Gasteiger partial charge on any atom is -0.356 e. The van der Waals surface area contributed by atoms with Crippen LogP contribution in [0.1, 0.15) is 16.7 Å². The van der Waals surface area contributed by atoms with Gasteiger partial charge in [-0.05, 0) is 23.6 Å². The van der Waals surface area contributed by atoms with Crippen LogP contribution in [-0.4, -0.2) is 10.2 Å². The molecule has 0 aliphatic rings. The summed E-state index contributed by atoms with van der Waals surface area (Å²) in [7, 11) is 0. The molecule has 0 spiro atoms. The normalized spacial score (nSPS) is 10.6. The van der Waals surface area contributed by atoms with Crippen LogP contribution in [0.2, 0.25) is 0 Å². The Labute approximate surface area is 138 Å². The van der Waals surface area contributed by atoms with E-state index in [9.17, 15) is 0 Å². The van der Waals surface area contributed by atoms with Gasteiger partial charge in [0.1, 0.15) is 0 Å². The van der Waals surface area contributed by atoms with Crippen LogP contribution in [0.4, 0.5) is 5.13 Å². The van der Waals surface area contributed by atoms with Gasteiger partial charge in [0.05, 0.1) is 0 Å². The van der Waals surface area contributed by atoms with Crippen molar-refractivity contribution in [2.75, 3.05) is 5.32 Å². The second-order valence-corrected chi connectivity index (χ2v) is 7.13. The largest absolute Gasteiger partial charge is 0.356 e. The quantitative estimate of drug-likeness (QED) is 0.663. The molecule has 0 amide bonds. The molecule has 3 aromatic rings. The predicted octanol–water partition coefficient (Wildman–Crippen LogP) is 4.75. The predicted molar refractivity (Wildman–Crippen MR) is 94.4 cm³/mol. The van der Waals surface area contributed by atoms with Crippen LogP contribution in [0.5, 0.6) is 0 Å². The van der Waals surface area contributed by atoms with Crippen molar-refractivity contribution in [2.24, 2.45) is 0 Å². The number of hydrogen-bond donors (Lipinski definition) is 1. The third-order valence-electron chi connectivity index (χ3n) is 3.30. The molecule has 0 aliphatic carbocycles. The van der Waals surface area contributed by atoms with Crippen molar-refractivity contribution in [1.29, 1.82) is 0 Å². The molecule has 0 saturated heterocycles. The van der Waals surface area contributed by atoms with E-state index in [2.05, 4.69) is 71.0 Å². The van der Waals surface area contributed by atoms with Crippen LogP contribution in [0, 0.1) is 6.92 Å². The number of nitrogens with zero attached hydrogens (tertiary/aromatic N) is 2. The Bertz CT molecular complexity index is 726. The molecule has 0 saturated carbocycles. The molecule has 5 heteroatoms. The number of thioether (sulfide) groups is 1. The maximum atomic E-state index is 4.23. The van der Waals surface area contributed by atoms with Crippen molar-refractivity contribution in [1.82, 2.24) is 10.2 Å². The highest BCUT2D eigenvalue weighted by Gasteiger charge is 2.05. The monoisotopic (exact) mass is 327 g/mol. The van der Waals surface area contributed by atoms with Crippen molar-refractivity contribution in [3.05, 3.63) is 71.3 Å². The highest BCUT2D eigenvalue weighted by molar-refractivity contribution is 8.00. The van der Waals surface area contributed by atoms with Gasteiger partial charge in [-0.15, -0.1) is 10.2 Å². The Morgan fingerprint density at radius 2 is 1.77 bits per heavy atom. The van der Waals surface area contributed by atoms with Gasteiger partial charge in [0, 0.05) is 12.3 Å². The van der Waals surface area contributed by atoms with Crippen molar-refractivity contribution in [3.8, 4) is 0 Å². The van der Waals surface area contributed by atoms with Crippen LogP contribution in [0.3, 0.4) is 0 Å². The zero-order chi connectivity index (χ0) is 15.2. The first-order chi connectivity index (χ1) is 10.8. The molecule has 112 valence electrons. The van der Waals surface area contributed by atoms with Gasteiger partial charge in [-0.25, -0.2) is 0 Å². The van der Waals surface area contributed by atoms with E-state index in [-0.39, 0.29) is 0 Å². The van der Waals surface area contributed by atoms with Gasteiger partial charge in [-0.2, -0.15) is 0 Å². The van der Waals surface area contributed by atoms with E-state index in [4.69, 9.17) is 0 Å². The summed E-state index contributed by atoms with van der Waals surface area (Å²) in [6.45, 7) is 2.91. The van der Waals surface area contributed by atoms with Gasteiger partial charge in [0.2, 0.25) is 5.13 Å². The fourth-order valence-electron chi connectivity index (χ4n) is 2.04. The van der Waals surface area contributed by atoms with Gasteiger partial charge in [0.25, 0.3) is 0 Å². The lowest BCUT2D eigenvalue weighted by molar-refractivity contribution is 0.993. The lowest BCUT2D eigenvalue weighted by Crippen LogP contribution is -2.00. The molecule has 3 nitrogen and oxygen atoms in total. The first-order valence-corrected chi connectivity index (χ1v) is 8.90. The molecule has 0 bridgehead atoms. The Morgan fingerprint density at radius 3 is 2.59 bits per heavy atom. The fraction of sp³-hybridized carbons (Fsp3) is 0.176. The van der Waals surface area contributed by atoms with E-state index in [1.54, 1.807) is 23.1 Å². The van der Waals surface area contributed by atoms with E-state index < -0.39 is 0 Å². The average Bonchev–Trinajstić information content (AvgIpc) is 3.01. The van der Waals surface area contributed by atoms with E-state index in [1.807, 2.05) is 6.07 Å². The first kappa shape index (κ1) is 15.1. The molecule has 1 heterocycles. The van der Waals surface area contributed by atoms with E-state index >= 15 is 0 Å². The van der Waals surface area contributed by atoms with Crippen LogP contribution >= 0.6 is 23.1 Å². The van der Waals surface area contributed by atoms with E-state index in [0.29, 0.717) is 0 Å². The third-order valence-corrected chi connectivity index (χ3v) is 5.39. The van der Waals surface area contributed by atoms with Crippen LogP contribution in [-0.2, 0) is 12.3 Å². The average molecular weight is 327 g/mol. The van der Waals surface area contributed by atoms with Crippen LogP contribution < -0.4 is 5.32 Å². The minimum absolute atomic E-state index is 0.782. The maximum absolute atomic E-state index is 4.23. The highest BCUT2D eigenvalue weighted by atomic mass is 32.2. The third kappa shape index (κ3) is 4.08. The fourth-order valence-corrected chi connectivity index (χ4v) is 3.74. The summed E-state index contributed by atoms with van der Waals surface area (Å²) in [6.07, 6.45) is 0. The molecule has 0 fully saturated rings. The Kier molecular flexibility index (Phi) is 5.08. The number of nitrogens with one attached hydrogen (secondary N) is 1. The summed E-state index contributed by atoms with van der Waals surface area (Å²) in [4.78, 5) is 0. The summed E-state index contributed by atoms with van der Waals surface area (Å²) >= 11 is 3.33. The molecule has 2 aromatic carbocycles. The van der Waals surface area contributed by atoms with E-state index in [0.717, 1.165) is 21.8 Å². The van der Waals surface area contributed by atoms with Gasteiger partial charge < -0.3 is 5.32 Å². The molecule has 0 unspecified atom stereocenters. The lowest BCUT2D eigenvalue weighted by atomic mass is 10.1. The second-order valence-electron chi connectivity index (χ2n) is 4.93. The zero-order valence-electron chi connectivity index (χ0n) is 12.3. The molecule has 0 aliphatic heterocycles. The smallest absolute Gasteiger partial charge is 0.206 e.